The van der Waals surface area contributed by atoms with Crippen molar-refractivity contribution in [1.29, 1.82) is 0 Å². The molecule has 2 aromatic heterocycles. The van der Waals surface area contributed by atoms with Crippen LogP contribution in [0.2, 0.25) is 0 Å². The Labute approximate surface area is 114 Å². The Balaban J connectivity index is 3.06. The normalized spacial score (nSPS) is 11.4. The lowest BCUT2D eigenvalue weighted by molar-refractivity contribution is 0.499. The highest BCUT2D eigenvalue weighted by atomic mass is 32.1. The average Bonchev–Trinajstić information content (AvgIpc) is 2.30. The Hall–Kier alpha value is -1.76. The molecule has 0 aliphatic rings. The minimum absolute atomic E-state index is 0.226. The molecule has 0 saturated heterocycles. The highest BCUT2D eigenvalue weighted by molar-refractivity contribution is 7.71. The Morgan fingerprint density at radius 2 is 2.00 bits per heavy atom. The van der Waals surface area contributed by atoms with Gasteiger partial charge in [-0.05, 0) is 12.8 Å². The summed E-state index contributed by atoms with van der Waals surface area (Å²) in [6, 6.07) is 0. The molecule has 0 aliphatic heterocycles. The first-order valence-corrected chi connectivity index (χ1v) is 6.44. The number of fused-ring (bicyclic) bond motifs is 1. The van der Waals surface area contributed by atoms with Gasteiger partial charge >= 0.3 is 5.69 Å². The van der Waals surface area contributed by atoms with Crippen molar-refractivity contribution in [1.82, 2.24) is 19.1 Å². The second-order valence-electron chi connectivity index (χ2n) is 5.00. The van der Waals surface area contributed by atoms with Crippen molar-refractivity contribution in [2.24, 2.45) is 13.0 Å². The van der Waals surface area contributed by atoms with E-state index in [4.69, 9.17) is 12.2 Å². The van der Waals surface area contributed by atoms with Crippen molar-refractivity contribution in [3.8, 4) is 0 Å². The molecule has 0 aliphatic carbocycles. The first-order valence-electron chi connectivity index (χ1n) is 6.03. The van der Waals surface area contributed by atoms with Gasteiger partial charge in [0.05, 0.1) is 0 Å². The predicted molar refractivity (Wildman–Crippen MR) is 76.0 cm³/mol. The third-order valence-corrected chi connectivity index (χ3v) is 3.17. The van der Waals surface area contributed by atoms with Gasteiger partial charge in [0.25, 0.3) is 5.56 Å². The van der Waals surface area contributed by atoms with Crippen molar-refractivity contribution >= 4 is 23.3 Å². The van der Waals surface area contributed by atoms with Crippen LogP contribution in [0.15, 0.2) is 9.59 Å². The SMILES string of the molecule is Cc1nc(=S)c2c(=O)n(C)c(=O)n(CC(C)C)c2[nH]1. The van der Waals surface area contributed by atoms with E-state index in [0.717, 1.165) is 4.57 Å². The second-order valence-corrected chi connectivity index (χ2v) is 5.39. The molecule has 2 aromatic rings. The van der Waals surface area contributed by atoms with Crippen LogP contribution >= 0.6 is 12.2 Å². The maximum Gasteiger partial charge on any atom is 0.332 e. The molecule has 6 nitrogen and oxygen atoms in total. The molecule has 7 heteroatoms. The summed E-state index contributed by atoms with van der Waals surface area (Å²) < 4.78 is 2.85. The lowest BCUT2D eigenvalue weighted by Crippen LogP contribution is -2.39. The third-order valence-electron chi connectivity index (χ3n) is 2.87. The standard InChI is InChI=1S/C12H16N4O2S/c1-6(2)5-16-9-8(10(19)14-7(3)13-9)11(17)15(4)12(16)18/h6H,5H2,1-4H3,(H,13,14,19). The Kier molecular flexibility index (Phi) is 3.40. The molecule has 0 bridgehead atoms. The van der Waals surface area contributed by atoms with Crippen LogP contribution < -0.4 is 11.2 Å². The molecule has 0 fully saturated rings. The van der Waals surface area contributed by atoms with Crippen LogP contribution in [-0.2, 0) is 13.6 Å². The zero-order valence-electron chi connectivity index (χ0n) is 11.4. The summed E-state index contributed by atoms with van der Waals surface area (Å²) >= 11 is 5.15. The molecule has 0 spiro atoms. The smallest absolute Gasteiger partial charge is 0.329 e. The van der Waals surface area contributed by atoms with Crippen LogP contribution in [0.25, 0.3) is 11.0 Å². The van der Waals surface area contributed by atoms with E-state index in [1.54, 1.807) is 11.5 Å². The molecule has 0 aromatic carbocycles. The van der Waals surface area contributed by atoms with E-state index in [1.807, 2.05) is 13.8 Å². The summed E-state index contributed by atoms with van der Waals surface area (Å²) in [5.41, 5.74) is -0.296. The van der Waals surface area contributed by atoms with E-state index in [2.05, 4.69) is 9.97 Å². The molecule has 0 amide bonds. The van der Waals surface area contributed by atoms with E-state index in [9.17, 15) is 9.59 Å². The van der Waals surface area contributed by atoms with Crippen LogP contribution in [0.1, 0.15) is 19.7 Å². The minimum Gasteiger partial charge on any atom is -0.329 e. The Morgan fingerprint density at radius 1 is 1.37 bits per heavy atom. The van der Waals surface area contributed by atoms with Gasteiger partial charge in [-0.15, -0.1) is 0 Å². The lowest BCUT2D eigenvalue weighted by Gasteiger charge is -2.14. The van der Waals surface area contributed by atoms with Crippen LogP contribution in [0.4, 0.5) is 0 Å². The first kappa shape index (κ1) is 13.7. The van der Waals surface area contributed by atoms with Gasteiger partial charge in [0, 0.05) is 13.6 Å². The van der Waals surface area contributed by atoms with Gasteiger partial charge in [-0.1, -0.05) is 26.1 Å². The number of nitrogens with zero attached hydrogens (tertiary/aromatic N) is 3. The predicted octanol–water partition coefficient (Wildman–Crippen LogP) is 1.12. The molecule has 2 rings (SSSR count). The van der Waals surface area contributed by atoms with Gasteiger partial charge in [0.1, 0.15) is 21.5 Å². The lowest BCUT2D eigenvalue weighted by atomic mass is 10.2. The zero-order chi connectivity index (χ0) is 14.3. The van der Waals surface area contributed by atoms with E-state index in [-0.39, 0.29) is 16.2 Å². The molecule has 0 radical (unpaired) electrons. The number of hydrogen-bond donors (Lipinski definition) is 1. The number of aromatic amines is 1. The highest BCUT2D eigenvalue weighted by Gasteiger charge is 2.14. The number of aromatic nitrogens is 4. The highest BCUT2D eigenvalue weighted by Crippen LogP contribution is 2.08. The van der Waals surface area contributed by atoms with Crippen molar-refractivity contribution in [2.75, 3.05) is 0 Å². The van der Waals surface area contributed by atoms with Gasteiger partial charge in [-0.25, -0.2) is 9.78 Å². The Bertz CT molecular complexity index is 813. The molecule has 0 unspecified atom stereocenters. The summed E-state index contributed by atoms with van der Waals surface area (Å²) in [4.78, 5) is 31.4. The molecule has 19 heavy (non-hydrogen) atoms. The van der Waals surface area contributed by atoms with Crippen molar-refractivity contribution in [3.63, 3.8) is 0 Å². The first-order chi connectivity index (χ1) is 8.82. The summed E-state index contributed by atoms with van der Waals surface area (Å²) in [5.74, 6) is 0.858. The quantitative estimate of drug-likeness (QED) is 0.837. The largest absolute Gasteiger partial charge is 0.332 e. The monoisotopic (exact) mass is 280 g/mol. The fraction of sp³-hybridized carbons (Fsp3) is 0.500. The number of hydrogen-bond acceptors (Lipinski definition) is 4. The van der Waals surface area contributed by atoms with E-state index in [1.165, 1.54) is 7.05 Å². The molecule has 1 N–H and O–H groups in total. The topological polar surface area (TPSA) is 72.7 Å². The maximum atomic E-state index is 12.2. The van der Waals surface area contributed by atoms with Gasteiger partial charge in [0.15, 0.2) is 0 Å². The van der Waals surface area contributed by atoms with E-state index >= 15 is 0 Å². The fourth-order valence-electron chi connectivity index (χ4n) is 2.03. The van der Waals surface area contributed by atoms with E-state index < -0.39 is 5.56 Å². The second kappa shape index (κ2) is 4.73. The Morgan fingerprint density at radius 3 is 2.58 bits per heavy atom. The maximum absolute atomic E-state index is 12.2. The zero-order valence-corrected chi connectivity index (χ0v) is 12.2. The number of aryl methyl sites for hydroxylation is 1. The van der Waals surface area contributed by atoms with Crippen LogP contribution in [-0.4, -0.2) is 19.1 Å². The van der Waals surface area contributed by atoms with Crippen molar-refractivity contribution < 1.29 is 0 Å². The average molecular weight is 280 g/mol. The summed E-state index contributed by atoms with van der Waals surface area (Å²) in [5, 5.41) is 0.295. The fourth-order valence-corrected chi connectivity index (χ4v) is 2.35. The van der Waals surface area contributed by atoms with Crippen molar-refractivity contribution in [3.05, 3.63) is 31.3 Å². The van der Waals surface area contributed by atoms with Gasteiger partial charge in [0.2, 0.25) is 0 Å². The molecule has 2 heterocycles. The molecule has 102 valence electrons. The molecular formula is C12H16N4O2S. The number of H-pyrrole nitrogens is 1. The molecule has 0 atom stereocenters. The molecule has 0 saturated carbocycles. The molecular weight excluding hydrogens is 264 g/mol. The summed E-state index contributed by atoms with van der Waals surface area (Å²) in [7, 11) is 1.45. The number of nitrogens with one attached hydrogen (secondary N) is 1. The minimum atomic E-state index is -0.409. The van der Waals surface area contributed by atoms with Crippen LogP contribution in [0.5, 0.6) is 0 Å². The van der Waals surface area contributed by atoms with Crippen LogP contribution in [0.3, 0.4) is 0 Å². The van der Waals surface area contributed by atoms with Crippen LogP contribution in [0, 0.1) is 17.5 Å². The summed E-state index contributed by atoms with van der Waals surface area (Å²) in [6.45, 7) is 6.27. The van der Waals surface area contributed by atoms with Gasteiger partial charge < -0.3 is 4.98 Å². The summed E-state index contributed by atoms with van der Waals surface area (Å²) in [6.07, 6.45) is 0. The van der Waals surface area contributed by atoms with E-state index in [0.29, 0.717) is 23.4 Å². The van der Waals surface area contributed by atoms with Gasteiger partial charge in [-0.3, -0.25) is 13.9 Å². The van der Waals surface area contributed by atoms with Crippen molar-refractivity contribution in [2.45, 2.75) is 27.3 Å². The third kappa shape index (κ3) is 2.25. The number of rotatable bonds is 2. The van der Waals surface area contributed by atoms with Gasteiger partial charge in [-0.2, -0.15) is 0 Å².